The Morgan fingerprint density at radius 3 is 2.67 bits per heavy atom. The second kappa shape index (κ2) is 5.83. The van der Waals surface area contributed by atoms with Gasteiger partial charge < -0.3 is 5.73 Å². The number of nitrogens with two attached hydrogens (primary N) is 1. The molecular formula is C14H12BrClFN. The molecule has 1 atom stereocenters. The van der Waals surface area contributed by atoms with Gasteiger partial charge in [0.25, 0.3) is 0 Å². The molecule has 0 aromatic heterocycles. The second-order valence-electron chi connectivity index (χ2n) is 4.11. The highest BCUT2D eigenvalue weighted by molar-refractivity contribution is 9.10. The Kier molecular flexibility index (Phi) is 4.38. The number of halogens is 3. The summed E-state index contributed by atoms with van der Waals surface area (Å²) in [6.07, 6.45) is 0.627. The summed E-state index contributed by atoms with van der Waals surface area (Å²) in [7, 11) is 0. The first-order chi connectivity index (χ1) is 8.56. The quantitative estimate of drug-likeness (QED) is 0.883. The molecule has 94 valence electrons. The predicted octanol–water partition coefficient (Wildman–Crippen LogP) is 4.48. The van der Waals surface area contributed by atoms with E-state index in [1.807, 2.05) is 30.3 Å². The fraction of sp³-hybridized carbons (Fsp3) is 0.143. The summed E-state index contributed by atoms with van der Waals surface area (Å²) in [5, 5.41) is 0.682. The lowest BCUT2D eigenvalue weighted by atomic mass is 10.00. The van der Waals surface area contributed by atoms with Gasteiger partial charge >= 0.3 is 0 Å². The first-order valence-electron chi connectivity index (χ1n) is 5.51. The van der Waals surface area contributed by atoms with E-state index >= 15 is 0 Å². The third-order valence-corrected chi connectivity index (χ3v) is 3.59. The summed E-state index contributed by atoms with van der Waals surface area (Å²) in [5.74, 6) is -0.297. The molecule has 0 fully saturated rings. The van der Waals surface area contributed by atoms with Crippen molar-refractivity contribution in [3.63, 3.8) is 0 Å². The minimum Gasteiger partial charge on any atom is -0.324 e. The lowest BCUT2D eigenvalue weighted by Crippen LogP contribution is -2.13. The van der Waals surface area contributed by atoms with Crippen molar-refractivity contribution < 1.29 is 4.39 Å². The Morgan fingerprint density at radius 1 is 1.22 bits per heavy atom. The molecule has 1 nitrogen and oxygen atoms in total. The number of benzene rings is 2. The Hall–Kier alpha value is -0.900. The van der Waals surface area contributed by atoms with Gasteiger partial charge in [-0.1, -0.05) is 29.8 Å². The molecule has 0 saturated carbocycles. The molecule has 2 aromatic rings. The van der Waals surface area contributed by atoms with Crippen molar-refractivity contribution in [1.29, 1.82) is 0 Å². The number of hydrogen-bond donors (Lipinski definition) is 1. The summed E-state index contributed by atoms with van der Waals surface area (Å²) in [5.41, 5.74) is 7.88. The lowest BCUT2D eigenvalue weighted by Gasteiger charge is -2.13. The summed E-state index contributed by atoms with van der Waals surface area (Å²) in [6.45, 7) is 0. The standard InChI is InChI=1S/C14H12BrClFN/c15-12-5-4-10(8-13(12)17)14(18)7-9-2-1-3-11(16)6-9/h1-6,8,14H,7,18H2. The maximum atomic E-state index is 13.4. The molecule has 0 saturated heterocycles. The van der Waals surface area contributed by atoms with E-state index in [9.17, 15) is 4.39 Å². The third-order valence-electron chi connectivity index (χ3n) is 2.72. The van der Waals surface area contributed by atoms with Gasteiger partial charge in [0.1, 0.15) is 5.82 Å². The smallest absolute Gasteiger partial charge is 0.137 e. The van der Waals surface area contributed by atoms with Crippen molar-refractivity contribution in [3.05, 3.63) is 68.9 Å². The van der Waals surface area contributed by atoms with Crippen LogP contribution in [-0.4, -0.2) is 0 Å². The second-order valence-corrected chi connectivity index (χ2v) is 5.40. The van der Waals surface area contributed by atoms with Crippen LogP contribution in [0.2, 0.25) is 5.02 Å². The number of hydrogen-bond acceptors (Lipinski definition) is 1. The SMILES string of the molecule is NC(Cc1cccc(Cl)c1)c1ccc(Br)c(F)c1. The van der Waals surface area contributed by atoms with Gasteiger partial charge in [0, 0.05) is 11.1 Å². The van der Waals surface area contributed by atoms with Crippen LogP contribution in [0.3, 0.4) is 0 Å². The van der Waals surface area contributed by atoms with E-state index in [0.717, 1.165) is 11.1 Å². The fourth-order valence-electron chi connectivity index (χ4n) is 1.78. The zero-order chi connectivity index (χ0) is 13.1. The molecule has 1 unspecified atom stereocenters. The average molecular weight is 329 g/mol. The molecule has 0 bridgehead atoms. The maximum Gasteiger partial charge on any atom is 0.137 e. The summed E-state index contributed by atoms with van der Waals surface area (Å²) in [6, 6.07) is 12.2. The molecule has 0 amide bonds. The van der Waals surface area contributed by atoms with Crippen molar-refractivity contribution in [2.45, 2.75) is 12.5 Å². The van der Waals surface area contributed by atoms with Crippen LogP contribution in [0.15, 0.2) is 46.9 Å². The molecule has 0 aliphatic heterocycles. The van der Waals surface area contributed by atoms with E-state index in [0.29, 0.717) is 15.9 Å². The highest BCUT2D eigenvalue weighted by Gasteiger charge is 2.09. The van der Waals surface area contributed by atoms with E-state index in [1.165, 1.54) is 6.07 Å². The molecular weight excluding hydrogens is 317 g/mol. The van der Waals surface area contributed by atoms with Gasteiger partial charge in [-0.15, -0.1) is 0 Å². The van der Waals surface area contributed by atoms with Gasteiger partial charge in [-0.2, -0.15) is 0 Å². The molecule has 0 spiro atoms. The van der Waals surface area contributed by atoms with Gasteiger partial charge in [0.2, 0.25) is 0 Å². The molecule has 0 radical (unpaired) electrons. The third kappa shape index (κ3) is 3.31. The first-order valence-corrected chi connectivity index (χ1v) is 6.68. The lowest BCUT2D eigenvalue weighted by molar-refractivity contribution is 0.612. The van der Waals surface area contributed by atoms with Crippen LogP contribution in [0.5, 0.6) is 0 Å². The van der Waals surface area contributed by atoms with Gasteiger partial charge in [-0.3, -0.25) is 0 Å². The van der Waals surface area contributed by atoms with Gasteiger partial charge in [0.15, 0.2) is 0 Å². The van der Waals surface area contributed by atoms with Crippen LogP contribution in [0, 0.1) is 5.82 Å². The van der Waals surface area contributed by atoms with Gasteiger partial charge in [-0.05, 0) is 57.7 Å². The topological polar surface area (TPSA) is 26.0 Å². The van der Waals surface area contributed by atoms with Crippen molar-refractivity contribution in [1.82, 2.24) is 0 Å². The molecule has 0 aliphatic carbocycles. The molecule has 0 heterocycles. The molecule has 2 rings (SSSR count). The van der Waals surface area contributed by atoms with Crippen LogP contribution >= 0.6 is 27.5 Å². The van der Waals surface area contributed by atoms with E-state index in [4.69, 9.17) is 17.3 Å². The Bertz CT molecular complexity index is 559. The largest absolute Gasteiger partial charge is 0.324 e. The van der Waals surface area contributed by atoms with Crippen molar-refractivity contribution in [2.75, 3.05) is 0 Å². The Morgan fingerprint density at radius 2 is 2.00 bits per heavy atom. The highest BCUT2D eigenvalue weighted by atomic mass is 79.9. The van der Waals surface area contributed by atoms with E-state index in [1.54, 1.807) is 6.07 Å². The first kappa shape index (κ1) is 13.5. The summed E-state index contributed by atoms with van der Waals surface area (Å²) < 4.78 is 13.9. The Balaban J connectivity index is 2.16. The van der Waals surface area contributed by atoms with Crippen LogP contribution in [0.25, 0.3) is 0 Å². The van der Waals surface area contributed by atoms with Crippen LogP contribution in [-0.2, 0) is 6.42 Å². The summed E-state index contributed by atoms with van der Waals surface area (Å²) >= 11 is 9.03. The van der Waals surface area contributed by atoms with Crippen LogP contribution in [0.1, 0.15) is 17.2 Å². The highest BCUT2D eigenvalue weighted by Crippen LogP contribution is 2.22. The molecule has 0 aliphatic rings. The fourth-order valence-corrected chi connectivity index (χ4v) is 2.24. The molecule has 18 heavy (non-hydrogen) atoms. The normalized spacial score (nSPS) is 12.4. The summed E-state index contributed by atoms with van der Waals surface area (Å²) in [4.78, 5) is 0. The Labute approximate surface area is 119 Å². The van der Waals surface area contributed by atoms with Crippen molar-refractivity contribution in [3.8, 4) is 0 Å². The minimum absolute atomic E-state index is 0.244. The molecule has 4 heteroatoms. The maximum absolute atomic E-state index is 13.4. The van der Waals surface area contributed by atoms with Crippen molar-refractivity contribution >= 4 is 27.5 Å². The molecule has 2 N–H and O–H groups in total. The zero-order valence-electron chi connectivity index (χ0n) is 9.54. The van der Waals surface area contributed by atoms with Gasteiger partial charge in [-0.25, -0.2) is 4.39 Å². The van der Waals surface area contributed by atoms with E-state index in [2.05, 4.69) is 15.9 Å². The van der Waals surface area contributed by atoms with Gasteiger partial charge in [0.05, 0.1) is 4.47 Å². The minimum atomic E-state index is -0.297. The zero-order valence-corrected chi connectivity index (χ0v) is 11.9. The van der Waals surface area contributed by atoms with E-state index < -0.39 is 0 Å². The average Bonchev–Trinajstić information content (AvgIpc) is 2.32. The predicted molar refractivity (Wildman–Crippen MR) is 76.2 cm³/mol. The number of rotatable bonds is 3. The van der Waals surface area contributed by atoms with Crippen LogP contribution < -0.4 is 5.73 Å². The molecule has 2 aromatic carbocycles. The van der Waals surface area contributed by atoms with Crippen molar-refractivity contribution in [2.24, 2.45) is 5.73 Å². The van der Waals surface area contributed by atoms with Crippen LogP contribution in [0.4, 0.5) is 4.39 Å². The monoisotopic (exact) mass is 327 g/mol. The van der Waals surface area contributed by atoms with E-state index in [-0.39, 0.29) is 11.9 Å².